The second kappa shape index (κ2) is 5.57. The number of fused-ring (bicyclic) bond motifs is 2. The summed E-state index contributed by atoms with van der Waals surface area (Å²) in [6, 6.07) is 13.6. The van der Waals surface area contributed by atoms with Crippen LogP contribution in [0.25, 0.3) is 22.2 Å². The van der Waals surface area contributed by atoms with E-state index in [1.165, 1.54) is 12.1 Å². The van der Waals surface area contributed by atoms with E-state index in [4.69, 9.17) is 0 Å². The molecule has 1 aliphatic heterocycles. The van der Waals surface area contributed by atoms with Gasteiger partial charge in [-0.2, -0.15) is 0 Å². The molecule has 2 aromatic heterocycles. The first-order valence-electron chi connectivity index (χ1n) is 8.42. The summed E-state index contributed by atoms with van der Waals surface area (Å²) < 4.78 is 0. The SMILES string of the molecule is O=[N+]([O-])c1cc(O)ccc1C1Nc2ccccc2-c2ccnc3[nH]cc1c23. The van der Waals surface area contributed by atoms with E-state index in [0.29, 0.717) is 5.56 Å². The summed E-state index contributed by atoms with van der Waals surface area (Å²) in [5.41, 5.74) is 4.86. The Morgan fingerprint density at radius 1 is 1.07 bits per heavy atom. The third kappa shape index (κ3) is 2.25. The molecule has 0 radical (unpaired) electrons. The topological polar surface area (TPSA) is 104 Å². The molecule has 7 nitrogen and oxygen atoms in total. The van der Waals surface area contributed by atoms with Gasteiger partial charge >= 0.3 is 0 Å². The number of aromatic hydroxyl groups is 1. The molecule has 7 heteroatoms. The quantitative estimate of drug-likeness (QED) is 0.365. The Morgan fingerprint density at radius 3 is 2.78 bits per heavy atom. The molecule has 3 N–H and O–H groups in total. The summed E-state index contributed by atoms with van der Waals surface area (Å²) in [7, 11) is 0. The number of nitro groups is 1. The molecule has 1 atom stereocenters. The largest absolute Gasteiger partial charge is 0.508 e. The van der Waals surface area contributed by atoms with Crippen molar-refractivity contribution in [2.45, 2.75) is 6.04 Å². The Kier molecular flexibility index (Phi) is 3.17. The Bertz CT molecular complexity index is 1220. The lowest BCUT2D eigenvalue weighted by Gasteiger charge is -2.19. The van der Waals surface area contributed by atoms with Gasteiger partial charge in [0.1, 0.15) is 11.4 Å². The summed E-state index contributed by atoms with van der Waals surface area (Å²) in [6.07, 6.45) is 3.58. The number of H-pyrrole nitrogens is 1. The lowest BCUT2D eigenvalue weighted by atomic mass is 9.96. The summed E-state index contributed by atoms with van der Waals surface area (Å²) in [5, 5.41) is 25.7. The molecule has 4 aromatic rings. The van der Waals surface area contributed by atoms with Gasteiger partial charge in [0.2, 0.25) is 0 Å². The zero-order valence-electron chi connectivity index (χ0n) is 14.0. The molecular formula is C20H14N4O3. The van der Waals surface area contributed by atoms with E-state index in [-0.39, 0.29) is 11.4 Å². The van der Waals surface area contributed by atoms with E-state index in [2.05, 4.69) is 15.3 Å². The fourth-order valence-electron chi connectivity index (χ4n) is 3.79. The van der Waals surface area contributed by atoms with Gasteiger partial charge in [-0.25, -0.2) is 4.98 Å². The highest BCUT2D eigenvalue weighted by Gasteiger charge is 2.30. The zero-order valence-corrected chi connectivity index (χ0v) is 14.0. The highest BCUT2D eigenvalue weighted by atomic mass is 16.6. The van der Waals surface area contributed by atoms with Crippen LogP contribution in [0.15, 0.2) is 60.9 Å². The van der Waals surface area contributed by atoms with Crippen LogP contribution in [-0.2, 0) is 0 Å². The number of hydrogen-bond donors (Lipinski definition) is 3. The van der Waals surface area contributed by atoms with Crippen molar-refractivity contribution in [1.29, 1.82) is 0 Å². The Morgan fingerprint density at radius 2 is 1.93 bits per heavy atom. The van der Waals surface area contributed by atoms with Gasteiger partial charge < -0.3 is 15.4 Å². The monoisotopic (exact) mass is 358 g/mol. The Balaban J connectivity index is 1.84. The van der Waals surface area contributed by atoms with Crippen LogP contribution in [0.3, 0.4) is 0 Å². The summed E-state index contributed by atoms with van der Waals surface area (Å²) >= 11 is 0. The summed E-state index contributed by atoms with van der Waals surface area (Å²) in [5.74, 6) is -0.138. The molecule has 0 aliphatic carbocycles. The van der Waals surface area contributed by atoms with Crippen molar-refractivity contribution in [2.24, 2.45) is 0 Å². The Labute approximate surface area is 153 Å². The second-order valence-electron chi connectivity index (χ2n) is 6.45. The maximum atomic E-state index is 11.6. The smallest absolute Gasteiger partial charge is 0.278 e. The lowest BCUT2D eigenvalue weighted by molar-refractivity contribution is -0.385. The molecule has 132 valence electrons. The molecular weight excluding hydrogens is 344 g/mol. The number of pyridine rings is 1. The van der Waals surface area contributed by atoms with E-state index < -0.39 is 11.0 Å². The van der Waals surface area contributed by atoms with E-state index in [9.17, 15) is 15.2 Å². The van der Waals surface area contributed by atoms with Gasteiger partial charge in [-0.1, -0.05) is 18.2 Å². The minimum absolute atomic E-state index is 0.133. The third-order valence-corrected chi connectivity index (χ3v) is 4.95. The normalized spacial score (nSPS) is 15.0. The van der Waals surface area contributed by atoms with Crippen LogP contribution < -0.4 is 5.32 Å². The van der Waals surface area contributed by atoms with Crippen LogP contribution in [0.4, 0.5) is 11.4 Å². The number of rotatable bonds is 2. The first kappa shape index (κ1) is 15.4. The van der Waals surface area contributed by atoms with Crippen LogP contribution in [0.1, 0.15) is 17.2 Å². The molecule has 0 fully saturated rings. The van der Waals surface area contributed by atoms with Crippen LogP contribution in [0.2, 0.25) is 0 Å². The minimum Gasteiger partial charge on any atom is -0.508 e. The van der Waals surface area contributed by atoms with Crippen molar-refractivity contribution in [1.82, 2.24) is 9.97 Å². The van der Waals surface area contributed by atoms with Crippen LogP contribution >= 0.6 is 0 Å². The van der Waals surface area contributed by atoms with Crippen LogP contribution in [0.5, 0.6) is 5.75 Å². The van der Waals surface area contributed by atoms with Gasteiger partial charge in [-0.3, -0.25) is 10.1 Å². The Hall–Kier alpha value is -3.87. The number of hydrogen-bond acceptors (Lipinski definition) is 5. The van der Waals surface area contributed by atoms with Crippen LogP contribution in [-0.4, -0.2) is 20.0 Å². The molecule has 27 heavy (non-hydrogen) atoms. The van der Waals surface area contributed by atoms with E-state index in [1.807, 2.05) is 36.5 Å². The van der Waals surface area contributed by atoms with Gasteiger partial charge in [-0.15, -0.1) is 0 Å². The number of para-hydroxylation sites is 1. The van der Waals surface area contributed by atoms with Crippen molar-refractivity contribution >= 4 is 22.4 Å². The van der Waals surface area contributed by atoms with E-state index in [0.717, 1.165) is 33.4 Å². The fourth-order valence-corrected chi connectivity index (χ4v) is 3.79. The highest BCUT2D eigenvalue weighted by molar-refractivity contribution is 6.01. The number of aromatic amines is 1. The predicted octanol–water partition coefficient (Wildman–Crippen LogP) is 4.36. The summed E-state index contributed by atoms with van der Waals surface area (Å²) in [6.45, 7) is 0. The number of nitrogens with one attached hydrogen (secondary N) is 2. The maximum Gasteiger partial charge on any atom is 0.278 e. The highest BCUT2D eigenvalue weighted by Crippen LogP contribution is 2.45. The van der Waals surface area contributed by atoms with Crippen molar-refractivity contribution in [2.75, 3.05) is 5.32 Å². The number of benzene rings is 2. The molecule has 3 heterocycles. The first-order chi connectivity index (χ1) is 13.1. The molecule has 0 amide bonds. The van der Waals surface area contributed by atoms with E-state index in [1.54, 1.807) is 12.3 Å². The molecule has 1 unspecified atom stereocenters. The number of nitrogens with zero attached hydrogens (tertiary/aromatic N) is 2. The first-order valence-corrected chi connectivity index (χ1v) is 8.42. The predicted molar refractivity (Wildman–Crippen MR) is 102 cm³/mol. The molecule has 5 rings (SSSR count). The molecule has 1 aliphatic rings. The zero-order chi connectivity index (χ0) is 18.5. The molecule has 0 bridgehead atoms. The number of anilines is 1. The number of phenolic OH excluding ortho intramolecular Hbond substituents is 1. The number of phenols is 1. The van der Waals surface area contributed by atoms with Gasteiger partial charge in [-0.05, 0) is 29.8 Å². The van der Waals surface area contributed by atoms with Gasteiger partial charge in [0.15, 0.2) is 0 Å². The molecule has 0 saturated carbocycles. The van der Waals surface area contributed by atoms with Gasteiger partial charge in [0, 0.05) is 34.6 Å². The molecule has 0 saturated heterocycles. The standard InChI is InChI=1S/C20H14N4O3/c25-11-5-6-14(17(9-11)24(26)27)19-15-10-22-20-18(15)13(7-8-21-20)12-3-1-2-4-16(12)23-19/h1-10,19,23,25H,(H,21,22). The minimum atomic E-state index is -0.471. The average molecular weight is 358 g/mol. The van der Waals surface area contributed by atoms with Crippen LogP contribution in [0, 0.1) is 10.1 Å². The second-order valence-corrected chi connectivity index (χ2v) is 6.45. The summed E-state index contributed by atoms with van der Waals surface area (Å²) in [4.78, 5) is 18.7. The number of nitro benzene ring substituents is 1. The van der Waals surface area contributed by atoms with Gasteiger partial charge in [0.25, 0.3) is 5.69 Å². The lowest BCUT2D eigenvalue weighted by Crippen LogP contribution is -2.13. The molecule has 2 aromatic carbocycles. The number of aromatic nitrogens is 2. The van der Waals surface area contributed by atoms with Crippen molar-refractivity contribution in [3.05, 3.63) is 82.2 Å². The van der Waals surface area contributed by atoms with Crippen molar-refractivity contribution in [3.8, 4) is 16.9 Å². The average Bonchev–Trinajstić information content (AvgIpc) is 3.04. The maximum absolute atomic E-state index is 11.6. The van der Waals surface area contributed by atoms with Crippen molar-refractivity contribution in [3.63, 3.8) is 0 Å². The van der Waals surface area contributed by atoms with E-state index >= 15 is 0 Å². The third-order valence-electron chi connectivity index (χ3n) is 4.95. The fraction of sp³-hybridized carbons (Fsp3) is 0.0500. The van der Waals surface area contributed by atoms with Gasteiger partial charge in [0.05, 0.1) is 22.6 Å². The van der Waals surface area contributed by atoms with Crippen molar-refractivity contribution < 1.29 is 10.0 Å². The molecule has 0 spiro atoms.